The fraction of sp³-hybridized carbons (Fsp3) is 0.321. The van der Waals surface area contributed by atoms with Crippen LogP contribution in [-0.4, -0.2) is 26.1 Å². The van der Waals surface area contributed by atoms with E-state index in [2.05, 4.69) is 55.4 Å². The van der Waals surface area contributed by atoms with Crippen LogP contribution in [0.4, 0.5) is 16.2 Å². The number of hydrogen-bond acceptors (Lipinski definition) is 4. The van der Waals surface area contributed by atoms with E-state index in [-0.39, 0.29) is 16.6 Å². The smallest absolute Gasteiger partial charge is 0.323 e. The fourth-order valence-corrected chi connectivity index (χ4v) is 4.62. The minimum absolute atomic E-state index is 0.0793. The lowest BCUT2D eigenvalue weighted by molar-refractivity contribution is 0.262. The van der Waals surface area contributed by atoms with Crippen molar-refractivity contribution in [1.82, 2.24) is 15.0 Å². The number of nitrogens with zero attached hydrogens (tertiary/aromatic N) is 3. The van der Waals surface area contributed by atoms with Crippen molar-refractivity contribution >= 4 is 28.4 Å². The number of anilines is 2. The number of benzene rings is 3. The number of hydrogen-bond donors (Lipinski definition) is 3. The number of carbonyl (C=O) groups is 1. The van der Waals surface area contributed by atoms with Gasteiger partial charge in [-0.25, -0.2) is 4.79 Å². The van der Waals surface area contributed by atoms with Crippen LogP contribution in [0.15, 0.2) is 60.7 Å². The zero-order valence-electron chi connectivity index (χ0n) is 21.2. The van der Waals surface area contributed by atoms with Gasteiger partial charge in [0.2, 0.25) is 0 Å². The van der Waals surface area contributed by atoms with E-state index in [1.54, 1.807) is 12.1 Å². The van der Waals surface area contributed by atoms with Gasteiger partial charge in [0.1, 0.15) is 16.7 Å². The van der Waals surface area contributed by atoms with Crippen molar-refractivity contribution in [2.24, 2.45) is 5.41 Å². The van der Waals surface area contributed by atoms with E-state index in [4.69, 9.17) is 0 Å². The van der Waals surface area contributed by atoms with Crippen molar-refractivity contribution in [3.05, 3.63) is 71.8 Å². The molecule has 4 aromatic rings. The minimum Gasteiger partial charge on any atom is -0.504 e. The highest BCUT2D eigenvalue weighted by atomic mass is 16.3. The number of aryl methyl sites for hydroxylation is 1. The molecule has 0 radical (unpaired) electrons. The first kappa shape index (κ1) is 24.3. The summed E-state index contributed by atoms with van der Waals surface area (Å²) in [6, 6.07) is 18.3. The van der Waals surface area contributed by atoms with Gasteiger partial charge in [-0.2, -0.15) is 0 Å². The number of phenols is 1. The van der Waals surface area contributed by atoms with Gasteiger partial charge in [0, 0.05) is 5.69 Å². The molecule has 2 amide bonds. The van der Waals surface area contributed by atoms with Gasteiger partial charge in [-0.1, -0.05) is 58.9 Å². The molecule has 1 heterocycles. The molecule has 0 atom stereocenters. The van der Waals surface area contributed by atoms with Crippen LogP contribution < -0.4 is 10.6 Å². The average molecular weight is 472 g/mol. The maximum absolute atomic E-state index is 12.8. The molecule has 7 heteroatoms. The standard InChI is InChI=1S/C28H33N5O2/c1-18-12-13-21-22(14-18)32-33(31-21)24-16-19(28(5,6)17-27(2,3)4)15-23(25(24)34)30-26(35)29-20-10-8-7-9-11-20/h7-16,34H,17H2,1-6H3,(H2,29,30,35). The first-order valence-electron chi connectivity index (χ1n) is 11.8. The van der Waals surface area contributed by atoms with Crippen LogP contribution in [0.1, 0.15) is 52.2 Å². The lowest BCUT2D eigenvalue weighted by atomic mass is 9.72. The Hall–Kier alpha value is -3.87. The Kier molecular flexibility index (Phi) is 6.28. The molecule has 0 saturated carbocycles. The lowest BCUT2D eigenvalue weighted by Crippen LogP contribution is -2.26. The summed E-state index contributed by atoms with van der Waals surface area (Å²) in [5, 5.41) is 26.0. The summed E-state index contributed by atoms with van der Waals surface area (Å²) in [6.07, 6.45) is 0.896. The Labute approximate surface area is 206 Å². The second kappa shape index (κ2) is 9.06. The topological polar surface area (TPSA) is 92.1 Å². The molecule has 0 spiro atoms. The maximum atomic E-state index is 12.8. The molecule has 0 aliphatic carbocycles. The summed E-state index contributed by atoms with van der Waals surface area (Å²) >= 11 is 0. The summed E-state index contributed by atoms with van der Waals surface area (Å²) in [5.41, 5.74) is 4.71. The largest absolute Gasteiger partial charge is 0.504 e. The Balaban J connectivity index is 1.79. The predicted octanol–water partition coefficient (Wildman–Crippen LogP) is 6.79. The van der Waals surface area contributed by atoms with Crippen LogP contribution in [-0.2, 0) is 5.41 Å². The van der Waals surface area contributed by atoms with Gasteiger partial charge in [-0.3, -0.25) is 0 Å². The molecule has 3 aromatic carbocycles. The van der Waals surface area contributed by atoms with Crippen LogP contribution in [0.5, 0.6) is 5.75 Å². The van der Waals surface area contributed by atoms with Gasteiger partial charge in [-0.05, 0) is 71.7 Å². The number of carbonyl (C=O) groups excluding carboxylic acids is 1. The third-order valence-electron chi connectivity index (χ3n) is 5.87. The number of para-hydroxylation sites is 1. The van der Waals surface area contributed by atoms with Crippen LogP contribution in [0.25, 0.3) is 16.7 Å². The zero-order valence-corrected chi connectivity index (χ0v) is 21.2. The van der Waals surface area contributed by atoms with Crippen molar-refractivity contribution in [2.75, 3.05) is 10.6 Å². The average Bonchev–Trinajstić information content (AvgIpc) is 3.17. The summed E-state index contributed by atoms with van der Waals surface area (Å²) < 4.78 is 0. The van der Waals surface area contributed by atoms with Gasteiger partial charge < -0.3 is 15.7 Å². The molecule has 182 valence electrons. The Morgan fingerprint density at radius 1 is 0.914 bits per heavy atom. The van der Waals surface area contributed by atoms with Crippen LogP contribution in [0, 0.1) is 12.3 Å². The predicted molar refractivity (Wildman–Crippen MR) is 141 cm³/mol. The second-order valence-corrected chi connectivity index (χ2v) is 10.9. The molecule has 0 unspecified atom stereocenters. The molecule has 0 aliphatic heterocycles. The normalized spacial score (nSPS) is 12.1. The van der Waals surface area contributed by atoms with Crippen molar-refractivity contribution < 1.29 is 9.90 Å². The monoisotopic (exact) mass is 471 g/mol. The van der Waals surface area contributed by atoms with Gasteiger partial charge in [0.05, 0.1) is 5.69 Å². The molecule has 3 N–H and O–H groups in total. The highest BCUT2D eigenvalue weighted by Crippen LogP contribution is 2.41. The van der Waals surface area contributed by atoms with Crippen molar-refractivity contribution in [1.29, 1.82) is 0 Å². The Morgan fingerprint density at radius 2 is 1.60 bits per heavy atom. The first-order valence-corrected chi connectivity index (χ1v) is 11.8. The Bertz CT molecular complexity index is 1370. The number of amides is 2. The summed E-state index contributed by atoms with van der Waals surface area (Å²) in [7, 11) is 0. The van der Waals surface area contributed by atoms with Crippen molar-refractivity contribution in [3.63, 3.8) is 0 Å². The molecular weight excluding hydrogens is 438 g/mol. The van der Waals surface area contributed by atoms with Crippen molar-refractivity contribution in [2.45, 2.75) is 53.4 Å². The molecule has 0 bridgehead atoms. The summed E-state index contributed by atoms with van der Waals surface area (Å²) in [6.45, 7) is 12.9. The number of nitrogens with one attached hydrogen (secondary N) is 2. The molecule has 1 aromatic heterocycles. The van der Waals surface area contributed by atoms with E-state index < -0.39 is 6.03 Å². The van der Waals surface area contributed by atoms with Crippen LogP contribution in [0.3, 0.4) is 0 Å². The number of rotatable bonds is 5. The third-order valence-corrected chi connectivity index (χ3v) is 5.87. The molecule has 35 heavy (non-hydrogen) atoms. The SMILES string of the molecule is Cc1ccc2nn(-c3cc(C(C)(C)CC(C)(C)C)cc(NC(=O)Nc4ccccc4)c3O)nc2c1. The fourth-order valence-electron chi connectivity index (χ4n) is 4.62. The minimum atomic E-state index is -0.447. The third kappa shape index (κ3) is 5.62. The molecule has 0 saturated heterocycles. The first-order chi connectivity index (χ1) is 16.4. The van der Waals surface area contributed by atoms with E-state index in [1.807, 2.05) is 55.5 Å². The quantitative estimate of drug-likeness (QED) is 0.279. The Morgan fingerprint density at radius 3 is 2.29 bits per heavy atom. The van der Waals surface area contributed by atoms with E-state index in [0.29, 0.717) is 17.1 Å². The van der Waals surface area contributed by atoms with Crippen LogP contribution in [0.2, 0.25) is 0 Å². The maximum Gasteiger partial charge on any atom is 0.323 e. The number of aromatic hydroxyl groups is 1. The van der Waals surface area contributed by atoms with Gasteiger partial charge in [0.15, 0.2) is 5.75 Å². The van der Waals surface area contributed by atoms with E-state index in [1.165, 1.54) is 4.80 Å². The molecule has 0 fully saturated rings. The van der Waals surface area contributed by atoms with E-state index >= 15 is 0 Å². The molecule has 0 aliphatic rings. The number of urea groups is 1. The van der Waals surface area contributed by atoms with Crippen LogP contribution >= 0.6 is 0 Å². The van der Waals surface area contributed by atoms with Crippen molar-refractivity contribution in [3.8, 4) is 11.4 Å². The second-order valence-electron chi connectivity index (χ2n) is 10.9. The molecule has 7 nitrogen and oxygen atoms in total. The van der Waals surface area contributed by atoms with Gasteiger partial charge >= 0.3 is 6.03 Å². The van der Waals surface area contributed by atoms with Gasteiger partial charge in [-0.15, -0.1) is 15.0 Å². The number of phenolic OH excluding ortho intramolecular Hbond substituents is 1. The number of aromatic nitrogens is 3. The lowest BCUT2D eigenvalue weighted by Gasteiger charge is -2.33. The zero-order chi connectivity index (χ0) is 25.4. The summed E-state index contributed by atoms with van der Waals surface area (Å²) in [4.78, 5) is 14.2. The van der Waals surface area contributed by atoms with E-state index in [0.717, 1.165) is 28.6 Å². The molecule has 4 rings (SSSR count). The molecular formula is C28H33N5O2. The van der Waals surface area contributed by atoms with Gasteiger partial charge in [0.25, 0.3) is 0 Å². The summed E-state index contributed by atoms with van der Waals surface area (Å²) in [5.74, 6) is -0.0967. The highest BCUT2D eigenvalue weighted by Gasteiger charge is 2.30. The van der Waals surface area contributed by atoms with E-state index in [9.17, 15) is 9.90 Å². The number of fused-ring (bicyclic) bond motifs is 1. The highest BCUT2D eigenvalue weighted by molar-refractivity contribution is 6.01.